The van der Waals surface area contributed by atoms with E-state index >= 15 is 0 Å². The Kier molecular flexibility index (Phi) is 9.92. The van der Waals surface area contributed by atoms with Gasteiger partial charge in [0.15, 0.2) is 11.2 Å². The monoisotopic (exact) mass is 681 g/mol. The van der Waals surface area contributed by atoms with Gasteiger partial charge in [-0.3, -0.25) is 14.3 Å². The number of pyridine rings is 1. The average Bonchev–Trinajstić information content (AvgIpc) is 3.59. The van der Waals surface area contributed by atoms with Crippen molar-refractivity contribution in [2.75, 3.05) is 19.5 Å². The zero-order chi connectivity index (χ0) is 33.9. The molecule has 16 heteroatoms. The van der Waals surface area contributed by atoms with E-state index in [1.807, 2.05) is 29.7 Å². The molecule has 0 amide bonds. The van der Waals surface area contributed by atoms with Gasteiger partial charge in [0.05, 0.1) is 25.3 Å². The van der Waals surface area contributed by atoms with Crippen molar-refractivity contribution in [3.63, 3.8) is 0 Å². The van der Waals surface area contributed by atoms with Crippen LogP contribution in [0.15, 0.2) is 54.7 Å². The summed E-state index contributed by atoms with van der Waals surface area (Å²) >= 11 is 0. The second-order valence-electron chi connectivity index (χ2n) is 11.3. The maximum absolute atomic E-state index is 14.1. The Hall–Kier alpha value is -4.56. The maximum Gasteiger partial charge on any atom is 0.323 e. The lowest BCUT2D eigenvalue weighted by Gasteiger charge is -2.24. The number of nitrogen functional groups attached to an aromatic ring is 1. The van der Waals surface area contributed by atoms with E-state index in [9.17, 15) is 13.6 Å². The van der Waals surface area contributed by atoms with Crippen LogP contribution in [0.3, 0.4) is 0 Å². The van der Waals surface area contributed by atoms with Crippen LogP contribution in [0.2, 0.25) is 0 Å². The molecule has 3 N–H and O–H groups in total. The molecule has 13 nitrogen and oxygen atoms in total. The quantitative estimate of drug-likeness (QED) is 0.126. The Morgan fingerprint density at radius 3 is 2.81 bits per heavy atom. The number of anilines is 1. The van der Waals surface area contributed by atoms with Crippen LogP contribution in [0, 0.1) is 24.5 Å². The number of halogens is 2. The predicted molar refractivity (Wildman–Crippen MR) is 173 cm³/mol. The number of rotatable bonds is 12. The molecule has 0 bridgehead atoms. The summed E-state index contributed by atoms with van der Waals surface area (Å²) in [4.78, 5) is 30.5. The summed E-state index contributed by atoms with van der Waals surface area (Å²) in [5, 5.41) is 3.83. The van der Waals surface area contributed by atoms with Gasteiger partial charge in [0.25, 0.3) is 0 Å². The Morgan fingerprint density at radius 1 is 1.19 bits per heavy atom. The third kappa shape index (κ3) is 7.14. The van der Waals surface area contributed by atoms with Crippen molar-refractivity contribution in [1.82, 2.24) is 29.6 Å². The Labute approximate surface area is 275 Å². The first kappa shape index (κ1) is 33.3. The van der Waals surface area contributed by atoms with Gasteiger partial charge in [-0.15, -0.1) is 0 Å². The maximum atomic E-state index is 14.1. The first-order chi connectivity index (χ1) is 23.1. The number of aryl methyl sites for hydroxylation is 1. The van der Waals surface area contributed by atoms with Gasteiger partial charge in [0, 0.05) is 29.1 Å². The number of aromatic nitrogens is 5. The molecule has 5 aromatic rings. The van der Waals surface area contributed by atoms with Crippen molar-refractivity contribution >= 4 is 42.5 Å². The highest BCUT2D eigenvalue weighted by atomic mass is 31.2. The molecule has 0 aliphatic carbocycles. The number of imidazole rings is 1. The van der Waals surface area contributed by atoms with Gasteiger partial charge in [0.1, 0.15) is 42.1 Å². The fraction of sp³-hybridized carbons (Fsp3) is 0.344. The van der Waals surface area contributed by atoms with Crippen LogP contribution >= 0.6 is 8.53 Å². The van der Waals surface area contributed by atoms with E-state index < -0.39 is 38.4 Å². The van der Waals surface area contributed by atoms with E-state index in [0.29, 0.717) is 29.2 Å². The molecule has 0 saturated carbocycles. The van der Waals surface area contributed by atoms with Gasteiger partial charge >= 0.3 is 14.5 Å². The summed E-state index contributed by atoms with van der Waals surface area (Å²) in [5.74, 6) is -0.674. The topological polar surface area (TPSA) is 158 Å². The third-order valence-corrected chi connectivity index (χ3v) is 9.15. The highest BCUT2D eigenvalue weighted by Crippen LogP contribution is 2.42. The van der Waals surface area contributed by atoms with E-state index in [1.54, 1.807) is 25.3 Å². The number of esters is 1. The molecule has 2 aromatic carbocycles. The lowest BCUT2D eigenvalue weighted by molar-refractivity contribution is -0.146. The number of ether oxygens (including phenoxy) is 3. The van der Waals surface area contributed by atoms with E-state index in [4.69, 9.17) is 29.0 Å². The fourth-order valence-electron chi connectivity index (χ4n) is 5.47. The number of methoxy groups -OCH3 is 1. The molecule has 1 aliphatic heterocycles. The first-order valence-electron chi connectivity index (χ1n) is 15.1. The molecular formula is C32H34F2N7O6P. The molecule has 48 heavy (non-hydrogen) atoms. The van der Waals surface area contributed by atoms with Crippen LogP contribution in [0.25, 0.3) is 22.1 Å². The standard InChI is InChI=1S/C32H34F2N7O6P/c1-17-13-22(46-30(17)41-19(3)37-27-28(41)38-32(35)39-29(27)43-4)16-45-48(47-26-9-5-8-25-23(26)7-6-12-36-25)40-18(2)31(42)44-15-20-10-11-21(33)14-24(20)34/h5-12,14,17-18,22,30,40H,13,15-16H2,1-4H3,(H2,35,38,39). The number of carbonyl (C=O) groups excluding carboxylic acids is 1. The molecule has 5 unspecified atom stereocenters. The zero-order valence-corrected chi connectivity index (χ0v) is 27.5. The highest BCUT2D eigenvalue weighted by molar-refractivity contribution is 7.45. The molecule has 3 aromatic heterocycles. The molecular weight excluding hydrogens is 647 g/mol. The molecule has 0 spiro atoms. The molecule has 6 rings (SSSR count). The minimum atomic E-state index is -1.95. The van der Waals surface area contributed by atoms with E-state index in [2.05, 4.69) is 31.9 Å². The number of nitrogens with zero attached hydrogens (tertiary/aromatic N) is 5. The molecule has 0 radical (unpaired) electrons. The second-order valence-corrected chi connectivity index (χ2v) is 12.5. The lowest BCUT2D eigenvalue weighted by Crippen LogP contribution is -2.34. The van der Waals surface area contributed by atoms with Crippen molar-refractivity contribution in [3.05, 3.63) is 77.8 Å². The number of hydrogen-bond donors (Lipinski definition) is 2. The SMILES string of the molecule is COc1nc(N)nc2c1nc(C)n2C1OC(COP(NC(C)C(=O)OCc2ccc(F)cc2F)Oc2cccc3ncccc23)CC1C. The van der Waals surface area contributed by atoms with Crippen molar-refractivity contribution < 1.29 is 36.8 Å². The summed E-state index contributed by atoms with van der Waals surface area (Å²) in [6, 6.07) is 11.3. The predicted octanol–water partition coefficient (Wildman–Crippen LogP) is 5.52. The van der Waals surface area contributed by atoms with Crippen LogP contribution in [-0.4, -0.2) is 56.3 Å². The van der Waals surface area contributed by atoms with Crippen LogP contribution in [0.4, 0.5) is 14.7 Å². The number of fused-ring (bicyclic) bond motifs is 2. The Morgan fingerprint density at radius 2 is 2.02 bits per heavy atom. The van der Waals surface area contributed by atoms with Gasteiger partial charge in [-0.1, -0.05) is 13.0 Å². The number of hydrogen-bond acceptors (Lipinski definition) is 12. The third-order valence-electron chi connectivity index (χ3n) is 7.80. The molecule has 5 atom stereocenters. The fourth-order valence-corrected chi connectivity index (χ4v) is 6.71. The molecule has 252 valence electrons. The van der Waals surface area contributed by atoms with Crippen molar-refractivity contribution in [1.29, 1.82) is 0 Å². The second kappa shape index (κ2) is 14.3. The van der Waals surface area contributed by atoms with Gasteiger partial charge in [-0.2, -0.15) is 9.97 Å². The first-order valence-corrected chi connectivity index (χ1v) is 16.3. The summed E-state index contributed by atoms with van der Waals surface area (Å²) in [6.45, 7) is 5.23. The normalized spacial score (nSPS) is 19.0. The Balaban J connectivity index is 1.17. The minimum Gasteiger partial charge on any atom is -0.479 e. The lowest BCUT2D eigenvalue weighted by atomic mass is 10.1. The molecule has 1 saturated heterocycles. The van der Waals surface area contributed by atoms with Crippen LogP contribution < -0.4 is 20.1 Å². The van der Waals surface area contributed by atoms with E-state index in [-0.39, 0.29) is 42.6 Å². The van der Waals surface area contributed by atoms with Gasteiger partial charge in [-0.25, -0.2) is 18.9 Å². The average molecular weight is 682 g/mol. The summed E-state index contributed by atoms with van der Waals surface area (Å²) in [7, 11) is -0.455. The van der Waals surface area contributed by atoms with Crippen LogP contribution in [0.1, 0.15) is 37.9 Å². The van der Waals surface area contributed by atoms with Gasteiger partial charge < -0.3 is 29.0 Å². The number of benzene rings is 2. The van der Waals surface area contributed by atoms with E-state index in [1.165, 1.54) is 13.2 Å². The summed E-state index contributed by atoms with van der Waals surface area (Å²) in [5.41, 5.74) is 7.70. The van der Waals surface area contributed by atoms with Crippen molar-refractivity contribution in [3.8, 4) is 11.6 Å². The number of carbonyl (C=O) groups is 1. The van der Waals surface area contributed by atoms with Crippen LogP contribution in [-0.2, 0) is 25.4 Å². The van der Waals surface area contributed by atoms with Crippen molar-refractivity contribution in [2.45, 2.75) is 52.2 Å². The molecule has 4 heterocycles. The summed E-state index contributed by atoms with van der Waals surface area (Å²) in [6.07, 6.45) is 1.55. The molecule has 1 fully saturated rings. The number of nitrogens with two attached hydrogens (primary N) is 1. The zero-order valence-electron chi connectivity index (χ0n) is 26.6. The smallest absolute Gasteiger partial charge is 0.323 e. The van der Waals surface area contributed by atoms with Crippen molar-refractivity contribution in [2.24, 2.45) is 5.92 Å². The number of nitrogens with one attached hydrogen (secondary N) is 1. The minimum absolute atomic E-state index is 0.0434. The largest absolute Gasteiger partial charge is 0.479 e. The Bertz CT molecular complexity index is 1940. The highest BCUT2D eigenvalue weighted by Gasteiger charge is 2.37. The molecule has 1 aliphatic rings. The van der Waals surface area contributed by atoms with Gasteiger partial charge in [-0.05, 0) is 56.7 Å². The van der Waals surface area contributed by atoms with E-state index in [0.717, 1.165) is 23.0 Å². The van der Waals surface area contributed by atoms with Crippen LogP contribution in [0.5, 0.6) is 11.6 Å². The van der Waals surface area contributed by atoms with Gasteiger partial charge in [0.2, 0.25) is 11.8 Å². The summed E-state index contributed by atoms with van der Waals surface area (Å²) < 4.78 is 59.0.